The number of aromatic nitrogens is 2. The van der Waals surface area contributed by atoms with Crippen LogP contribution in [0.2, 0.25) is 0 Å². The van der Waals surface area contributed by atoms with Crippen LogP contribution in [0.25, 0.3) is 0 Å². The summed E-state index contributed by atoms with van der Waals surface area (Å²) < 4.78 is 12.9. The molecule has 1 aliphatic rings. The summed E-state index contributed by atoms with van der Waals surface area (Å²) in [6.07, 6.45) is 2.69. The Bertz CT molecular complexity index is 580. The Morgan fingerprint density at radius 2 is 2.11 bits per heavy atom. The SMILES string of the molecule is CCn1cncc1C(O)c1ccc2c(c1)OCCO2. The lowest BCUT2D eigenvalue weighted by Gasteiger charge is -2.20. The van der Waals surface area contributed by atoms with E-state index in [-0.39, 0.29) is 0 Å². The van der Waals surface area contributed by atoms with Crippen molar-refractivity contribution in [2.75, 3.05) is 13.2 Å². The van der Waals surface area contributed by atoms with E-state index in [2.05, 4.69) is 4.98 Å². The number of benzene rings is 1. The maximum absolute atomic E-state index is 10.4. The van der Waals surface area contributed by atoms with Crippen molar-refractivity contribution in [2.45, 2.75) is 19.6 Å². The van der Waals surface area contributed by atoms with E-state index < -0.39 is 6.10 Å². The minimum absolute atomic E-state index is 0.541. The van der Waals surface area contributed by atoms with Crippen molar-refractivity contribution >= 4 is 0 Å². The van der Waals surface area contributed by atoms with Gasteiger partial charge in [-0.3, -0.25) is 0 Å². The van der Waals surface area contributed by atoms with E-state index in [1.807, 2.05) is 29.7 Å². The Hall–Kier alpha value is -2.01. The predicted molar refractivity (Wildman–Crippen MR) is 69.4 cm³/mol. The van der Waals surface area contributed by atoms with E-state index in [9.17, 15) is 5.11 Å². The summed E-state index contributed by atoms with van der Waals surface area (Å²) in [6, 6.07) is 5.51. The minimum atomic E-state index is -0.710. The van der Waals surface area contributed by atoms with Gasteiger partial charge < -0.3 is 19.1 Å². The van der Waals surface area contributed by atoms with Gasteiger partial charge in [-0.2, -0.15) is 0 Å². The molecule has 0 saturated carbocycles. The molecule has 1 atom stereocenters. The highest BCUT2D eigenvalue weighted by molar-refractivity contribution is 5.45. The Balaban J connectivity index is 1.93. The van der Waals surface area contributed by atoms with E-state index in [0.29, 0.717) is 19.0 Å². The molecule has 0 aliphatic carbocycles. The Morgan fingerprint density at radius 1 is 1.32 bits per heavy atom. The van der Waals surface area contributed by atoms with Crippen LogP contribution in [0.15, 0.2) is 30.7 Å². The number of fused-ring (bicyclic) bond motifs is 1. The molecule has 0 bridgehead atoms. The summed E-state index contributed by atoms with van der Waals surface area (Å²) in [4.78, 5) is 4.07. The molecule has 1 unspecified atom stereocenters. The fourth-order valence-corrected chi connectivity index (χ4v) is 2.22. The van der Waals surface area contributed by atoms with Crippen molar-refractivity contribution in [3.05, 3.63) is 42.0 Å². The second kappa shape index (κ2) is 4.93. The van der Waals surface area contributed by atoms with Gasteiger partial charge in [0.15, 0.2) is 11.5 Å². The number of nitrogens with zero attached hydrogens (tertiary/aromatic N) is 2. The second-order valence-corrected chi connectivity index (χ2v) is 4.41. The number of ether oxygens (including phenoxy) is 2. The van der Waals surface area contributed by atoms with Gasteiger partial charge in [0, 0.05) is 6.54 Å². The second-order valence-electron chi connectivity index (χ2n) is 4.41. The fraction of sp³-hybridized carbons (Fsp3) is 0.357. The molecule has 1 aromatic carbocycles. The molecule has 1 aliphatic heterocycles. The van der Waals surface area contributed by atoms with E-state index in [0.717, 1.165) is 23.6 Å². The smallest absolute Gasteiger partial charge is 0.161 e. The first-order valence-electron chi connectivity index (χ1n) is 6.37. The molecule has 100 valence electrons. The average molecular weight is 260 g/mol. The number of aryl methyl sites for hydroxylation is 1. The first-order chi connectivity index (χ1) is 9.29. The summed E-state index contributed by atoms with van der Waals surface area (Å²) in [5.41, 5.74) is 1.55. The standard InChI is InChI=1S/C14H16N2O3/c1-2-16-9-15-8-11(16)14(17)10-3-4-12-13(7-10)19-6-5-18-12/h3-4,7-9,14,17H,2,5-6H2,1H3. The van der Waals surface area contributed by atoms with Gasteiger partial charge in [-0.25, -0.2) is 4.98 Å². The normalized spacial score (nSPS) is 15.3. The summed E-state index contributed by atoms with van der Waals surface area (Å²) in [6.45, 7) is 3.90. The Kier molecular flexibility index (Phi) is 3.13. The van der Waals surface area contributed by atoms with Crippen LogP contribution >= 0.6 is 0 Å². The topological polar surface area (TPSA) is 56.5 Å². The summed E-state index contributed by atoms with van der Waals surface area (Å²) in [5.74, 6) is 1.41. The van der Waals surface area contributed by atoms with Crippen molar-refractivity contribution in [3.63, 3.8) is 0 Å². The highest BCUT2D eigenvalue weighted by Crippen LogP contribution is 2.34. The van der Waals surface area contributed by atoms with Gasteiger partial charge in [-0.05, 0) is 24.6 Å². The van der Waals surface area contributed by atoms with Gasteiger partial charge in [0.05, 0.1) is 18.2 Å². The third kappa shape index (κ3) is 2.17. The van der Waals surface area contributed by atoms with Crippen LogP contribution in [0.3, 0.4) is 0 Å². The molecule has 1 N–H and O–H groups in total. The molecule has 0 saturated heterocycles. The van der Waals surface area contributed by atoms with Gasteiger partial charge in [0.2, 0.25) is 0 Å². The van der Waals surface area contributed by atoms with Crippen LogP contribution in [0.1, 0.15) is 24.3 Å². The minimum Gasteiger partial charge on any atom is -0.486 e. The Labute approximate surface area is 111 Å². The molecule has 5 nitrogen and oxygen atoms in total. The molecule has 19 heavy (non-hydrogen) atoms. The first-order valence-corrected chi connectivity index (χ1v) is 6.37. The molecule has 0 spiro atoms. The van der Waals surface area contributed by atoms with Crippen molar-refractivity contribution in [2.24, 2.45) is 0 Å². The zero-order valence-corrected chi connectivity index (χ0v) is 10.7. The number of rotatable bonds is 3. The monoisotopic (exact) mass is 260 g/mol. The highest BCUT2D eigenvalue weighted by Gasteiger charge is 2.18. The highest BCUT2D eigenvalue weighted by atomic mass is 16.6. The van der Waals surface area contributed by atoms with Crippen molar-refractivity contribution in [1.82, 2.24) is 9.55 Å². The molecule has 2 heterocycles. The largest absolute Gasteiger partial charge is 0.486 e. The molecule has 1 aromatic heterocycles. The van der Waals surface area contributed by atoms with Crippen LogP contribution in [0.4, 0.5) is 0 Å². The van der Waals surface area contributed by atoms with Gasteiger partial charge in [0.1, 0.15) is 19.3 Å². The lowest BCUT2D eigenvalue weighted by molar-refractivity contribution is 0.169. The van der Waals surface area contributed by atoms with Crippen molar-refractivity contribution < 1.29 is 14.6 Å². The third-order valence-corrected chi connectivity index (χ3v) is 3.25. The summed E-state index contributed by atoms with van der Waals surface area (Å²) in [5, 5.41) is 10.4. The molecule has 0 radical (unpaired) electrons. The molecule has 2 aromatic rings. The quantitative estimate of drug-likeness (QED) is 0.913. The zero-order valence-electron chi connectivity index (χ0n) is 10.7. The summed E-state index contributed by atoms with van der Waals surface area (Å²) in [7, 11) is 0. The van der Waals surface area contributed by atoms with Crippen LogP contribution in [0.5, 0.6) is 11.5 Å². The number of hydrogen-bond acceptors (Lipinski definition) is 4. The van der Waals surface area contributed by atoms with Crippen LogP contribution in [-0.4, -0.2) is 27.9 Å². The fourth-order valence-electron chi connectivity index (χ4n) is 2.22. The zero-order chi connectivity index (χ0) is 13.2. The summed E-state index contributed by atoms with van der Waals surface area (Å²) >= 11 is 0. The van der Waals surface area contributed by atoms with Gasteiger partial charge in [0.25, 0.3) is 0 Å². The maximum Gasteiger partial charge on any atom is 0.161 e. The molecule has 0 amide bonds. The molecule has 5 heteroatoms. The molecular weight excluding hydrogens is 244 g/mol. The van der Waals surface area contributed by atoms with E-state index in [4.69, 9.17) is 9.47 Å². The van der Waals surface area contributed by atoms with Gasteiger partial charge in [-0.1, -0.05) is 6.07 Å². The molecule has 3 rings (SSSR count). The van der Waals surface area contributed by atoms with Crippen LogP contribution < -0.4 is 9.47 Å². The van der Waals surface area contributed by atoms with E-state index in [1.165, 1.54) is 0 Å². The molecule has 0 fully saturated rings. The average Bonchev–Trinajstić information content (AvgIpc) is 2.94. The van der Waals surface area contributed by atoms with E-state index in [1.54, 1.807) is 12.5 Å². The number of aliphatic hydroxyl groups excluding tert-OH is 1. The third-order valence-electron chi connectivity index (χ3n) is 3.25. The maximum atomic E-state index is 10.4. The van der Waals surface area contributed by atoms with Crippen LogP contribution in [-0.2, 0) is 6.54 Å². The van der Waals surface area contributed by atoms with Gasteiger partial charge >= 0.3 is 0 Å². The van der Waals surface area contributed by atoms with E-state index >= 15 is 0 Å². The molecular formula is C14H16N2O3. The van der Waals surface area contributed by atoms with Crippen molar-refractivity contribution in [1.29, 1.82) is 0 Å². The Morgan fingerprint density at radius 3 is 2.89 bits per heavy atom. The predicted octanol–water partition coefficient (Wildman–Crippen LogP) is 1.76. The lowest BCUT2D eigenvalue weighted by atomic mass is 10.1. The first kappa shape index (κ1) is 12.0. The van der Waals surface area contributed by atoms with Gasteiger partial charge in [-0.15, -0.1) is 0 Å². The van der Waals surface area contributed by atoms with Crippen molar-refractivity contribution in [3.8, 4) is 11.5 Å². The number of aliphatic hydroxyl groups is 1. The lowest BCUT2D eigenvalue weighted by Crippen LogP contribution is -2.16. The number of imidazole rings is 1. The van der Waals surface area contributed by atoms with Crippen LogP contribution in [0, 0.1) is 0 Å². The number of hydrogen-bond donors (Lipinski definition) is 1.